The van der Waals surface area contributed by atoms with E-state index in [1.165, 1.54) is 0 Å². The van der Waals surface area contributed by atoms with E-state index in [1.807, 2.05) is 25.1 Å². The summed E-state index contributed by atoms with van der Waals surface area (Å²) >= 11 is 0. The van der Waals surface area contributed by atoms with E-state index in [1.54, 1.807) is 24.1 Å². The first kappa shape index (κ1) is 19.0. The van der Waals surface area contributed by atoms with Crippen LogP contribution in [0.4, 0.5) is 10.5 Å². The first-order valence-electron chi connectivity index (χ1n) is 8.57. The molecule has 8 nitrogen and oxygen atoms in total. The van der Waals surface area contributed by atoms with Crippen LogP contribution < -0.4 is 10.2 Å². The molecule has 0 radical (unpaired) electrons. The Labute approximate surface area is 148 Å². The first-order valence-corrected chi connectivity index (χ1v) is 8.57. The molecule has 0 saturated carbocycles. The zero-order valence-corrected chi connectivity index (χ0v) is 15.2. The summed E-state index contributed by atoms with van der Waals surface area (Å²) in [5.41, 5.74) is 1.36. The lowest BCUT2D eigenvalue weighted by Gasteiger charge is -2.35. The third kappa shape index (κ3) is 5.60. The van der Waals surface area contributed by atoms with Gasteiger partial charge in [0, 0.05) is 39.3 Å². The second-order valence-corrected chi connectivity index (χ2v) is 6.13. The molecule has 0 atom stereocenters. The van der Waals surface area contributed by atoms with E-state index in [0.29, 0.717) is 31.9 Å². The Kier molecular flexibility index (Phi) is 7.00. The number of nitrogens with one attached hydrogen (secondary N) is 1. The molecule has 1 saturated heterocycles. The number of pyridine rings is 1. The smallest absolute Gasteiger partial charge is 0.409 e. The Bertz CT molecular complexity index is 568. The largest absolute Gasteiger partial charge is 0.450 e. The van der Waals surface area contributed by atoms with E-state index in [2.05, 4.69) is 15.2 Å². The standard InChI is InChI=1S/C17H27N5O3/c1-4-25-17(24)22-11-9-21(10-12-22)14-5-6-15(19-13-14)16(23)18-7-8-20(2)3/h5-6,13H,4,7-12H2,1-3H3,(H,18,23). The van der Waals surface area contributed by atoms with E-state index in [9.17, 15) is 9.59 Å². The summed E-state index contributed by atoms with van der Waals surface area (Å²) in [6.45, 7) is 6.24. The van der Waals surface area contributed by atoms with Crippen LogP contribution in [0.2, 0.25) is 0 Å². The fraction of sp³-hybridized carbons (Fsp3) is 0.588. The molecule has 2 rings (SSSR count). The molecule has 1 fully saturated rings. The second-order valence-electron chi connectivity index (χ2n) is 6.13. The van der Waals surface area contributed by atoms with E-state index >= 15 is 0 Å². The van der Waals surface area contributed by atoms with Gasteiger partial charge >= 0.3 is 6.09 Å². The molecule has 0 aromatic carbocycles. The quantitative estimate of drug-likeness (QED) is 0.813. The van der Waals surface area contributed by atoms with Gasteiger partial charge in [-0.05, 0) is 33.2 Å². The van der Waals surface area contributed by atoms with Gasteiger partial charge in [-0.25, -0.2) is 9.78 Å². The van der Waals surface area contributed by atoms with Crippen molar-refractivity contribution in [2.24, 2.45) is 0 Å². The Balaban J connectivity index is 1.84. The predicted molar refractivity (Wildman–Crippen MR) is 95.9 cm³/mol. The lowest BCUT2D eigenvalue weighted by Crippen LogP contribution is -2.49. The van der Waals surface area contributed by atoms with E-state index < -0.39 is 0 Å². The molecular weight excluding hydrogens is 322 g/mol. The third-order valence-corrected chi connectivity index (χ3v) is 4.00. The summed E-state index contributed by atoms with van der Waals surface area (Å²) in [6.07, 6.45) is 1.45. The van der Waals surface area contributed by atoms with Crippen molar-refractivity contribution in [2.45, 2.75) is 6.92 Å². The van der Waals surface area contributed by atoms with E-state index in [-0.39, 0.29) is 12.0 Å². The van der Waals surface area contributed by atoms with Gasteiger partial charge in [-0.15, -0.1) is 0 Å². The normalized spacial score (nSPS) is 14.6. The van der Waals surface area contributed by atoms with Crippen LogP contribution in [0.3, 0.4) is 0 Å². The summed E-state index contributed by atoms with van der Waals surface area (Å²) in [5, 5.41) is 2.84. The minimum atomic E-state index is -0.259. The summed E-state index contributed by atoms with van der Waals surface area (Å²) in [7, 11) is 3.92. The van der Waals surface area contributed by atoms with Crippen molar-refractivity contribution >= 4 is 17.7 Å². The average molecular weight is 349 g/mol. The predicted octanol–water partition coefficient (Wildman–Crippen LogP) is 0.652. The zero-order chi connectivity index (χ0) is 18.2. The molecule has 0 unspecified atom stereocenters. The summed E-state index contributed by atoms with van der Waals surface area (Å²) < 4.78 is 5.02. The van der Waals surface area contributed by atoms with Crippen LogP contribution in [0.15, 0.2) is 18.3 Å². The van der Waals surface area contributed by atoms with Crippen molar-refractivity contribution in [1.82, 2.24) is 20.1 Å². The monoisotopic (exact) mass is 349 g/mol. The van der Waals surface area contributed by atoms with Crippen LogP contribution in [0.1, 0.15) is 17.4 Å². The molecule has 0 aliphatic carbocycles. The van der Waals surface area contributed by atoms with Gasteiger partial charge in [0.05, 0.1) is 18.5 Å². The van der Waals surface area contributed by atoms with Gasteiger partial charge in [0.2, 0.25) is 0 Å². The van der Waals surface area contributed by atoms with Crippen molar-refractivity contribution in [3.8, 4) is 0 Å². The van der Waals surface area contributed by atoms with Gasteiger partial charge < -0.3 is 24.8 Å². The minimum Gasteiger partial charge on any atom is -0.450 e. The van der Waals surface area contributed by atoms with Crippen molar-refractivity contribution in [2.75, 3.05) is 64.9 Å². The van der Waals surface area contributed by atoms with Gasteiger partial charge in [0.15, 0.2) is 0 Å². The highest BCUT2D eigenvalue weighted by Gasteiger charge is 2.22. The van der Waals surface area contributed by atoms with Gasteiger partial charge in [0.1, 0.15) is 5.69 Å². The molecule has 1 N–H and O–H groups in total. The Morgan fingerprint density at radius 2 is 1.96 bits per heavy atom. The highest BCUT2D eigenvalue weighted by molar-refractivity contribution is 5.92. The highest BCUT2D eigenvalue weighted by Crippen LogP contribution is 2.16. The van der Waals surface area contributed by atoms with Gasteiger partial charge in [-0.3, -0.25) is 4.79 Å². The molecule has 8 heteroatoms. The Hall–Kier alpha value is -2.35. The molecule has 1 aliphatic rings. The maximum absolute atomic E-state index is 12.0. The molecule has 25 heavy (non-hydrogen) atoms. The lowest BCUT2D eigenvalue weighted by atomic mass is 10.2. The average Bonchev–Trinajstić information content (AvgIpc) is 2.62. The van der Waals surface area contributed by atoms with E-state index in [0.717, 1.165) is 25.3 Å². The van der Waals surface area contributed by atoms with Crippen LogP contribution in [0.25, 0.3) is 0 Å². The van der Waals surface area contributed by atoms with Crippen LogP contribution >= 0.6 is 0 Å². The van der Waals surface area contributed by atoms with Crippen molar-refractivity contribution in [3.63, 3.8) is 0 Å². The van der Waals surface area contributed by atoms with E-state index in [4.69, 9.17) is 4.74 Å². The number of amides is 2. The second kappa shape index (κ2) is 9.22. The minimum absolute atomic E-state index is 0.166. The first-order chi connectivity index (χ1) is 12.0. The molecule has 1 aromatic heterocycles. The topological polar surface area (TPSA) is 78.0 Å². The number of piperazine rings is 1. The maximum Gasteiger partial charge on any atom is 0.409 e. The van der Waals surface area contributed by atoms with Crippen molar-refractivity contribution in [3.05, 3.63) is 24.0 Å². The van der Waals surface area contributed by atoms with Gasteiger partial charge in [-0.2, -0.15) is 0 Å². The number of ether oxygens (including phenoxy) is 1. The lowest BCUT2D eigenvalue weighted by molar-refractivity contribution is 0.0945. The van der Waals surface area contributed by atoms with Crippen LogP contribution in [-0.4, -0.2) is 86.8 Å². The number of aromatic nitrogens is 1. The number of hydrogen-bond donors (Lipinski definition) is 1. The molecule has 2 amide bonds. The molecule has 138 valence electrons. The van der Waals surface area contributed by atoms with Gasteiger partial charge in [0.25, 0.3) is 5.91 Å². The van der Waals surface area contributed by atoms with Crippen molar-refractivity contribution < 1.29 is 14.3 Å². The fourth-order valence-corrected chi connectivity index (χ4v) is 2.55. The third-order valence-electron chi connectivity index (χ3n) is 4.00. The summed E-state index contributed by atoms with van der Waals surface area (Å²) in [5.74, 6) is -0.166. The summed E-state index contributed by atoms with van der Waals surface area (Å²) in [6, 6.07) is 3.63. The number of carbonyl (C=O) groups excluding carboxylic acids is 2. The SMILES string of the molecule is CCOC(=O)N1CCN(c2ccc(C(=O)NCCN(C)C)nc2)CC1. The van der Waals surface area contributed by atoms with Gasteiger partial charge in [-0.1, -0.05) is 0 Å². The molecule has 1 aliphatic heterocycles. The number of rotatable bonds is 6. The van der Waals surface area contributed by atoms with Crippen LogP contribution in [0.5, 0.6) is 0 Å². The molecule has 0 spiro atoms. The fourth-order valence-electron chi connectivity index (χ4n) is 2.55. The number of carbonyl (C=O) groups is 2. The maximum atomic E-state index is 12.0. The number of nitrogens with zero attached hydrogens (tertiary/aromatic N) is 4. The number of anilines is 1. The van der Waals surface area contributed by atoms with Crippen molar-refractivity contribution in [1.29, 1.82) is 0 Å². The Morgan fingerprint density at radius 3 is 2.52 bits per heavy atom. The zero-order valence-electron chi connectivity index (χ0n) is 15.2. The Morgan fingerprint density at radius 1 is 1.24 bits per heavy atom. The molecule has 2 heterocycles. The molecule has 0 bridgehead atoms. The molecular formula is C17H27N5O3. The highest BCUT2D eigenvalue weighted by atomic mass is 16.6. The molecule has 1 aromatic rings. The number of likely N-dealkylation sites (N-methyl/N-ethyl adjacent to an activating group) is 1. The summed E-state index contributed by atoms with van der Waals surface area (Å²) in [4.78, 5) is 33.9. The number of hydrogen-bond acceptors (Lipinski definition) is 6. The van der Waals surface area contributed by atoms with Crippen LogP contribution in [-0.2, 0) is 4.74 Å². The van der Waals surface area contributed by atoms with Crippen LogP contribution in [0, 0.1) is 0 Å².